The molecule has 1 aliphatic rings. The normalized spacial score (nSPS) is 16.9. The molecule has 144 valence electrons. The van der Waals surface area contributed by atoms with Crippen molar-refractivity contribution in [1.82, 2.24) is 20.1 Å². The van der Waals surface area contributed by atoms with Crippen LogP contribution in [0.15, 0.2) is 48.8 Å². The Labute approximate surface area is 165 Å². The number of aryl methyl sites for hydroxylation is 2. The molecular formula is C23H26N4O. The first-order valence-electron chi connectivity index (χ1n) is 10.0. The van der Waals surface area contributed by atoms with Gasteiger partial charge in [-0.1, -0.05) is 37.3 Å². The summed E-state index contributed by atoms with van der Waals surface area (Å²) in [5.74, 6) is 0.388. The maximum Gasteiger partial charge on any atom is 0.256 e. The summed E-state index contributed by atoms with van der Waals surface area (Å²) in [7, 11) is 0. The number of nitrogens with zero attached hydrogens (tertiary/aromatic N) is 3. The number of amides is 1. The fourth-order valence-electron chi connectivity index (χ4n) is 4.21. The van der Waals surface area contributed by atoms with Crippen LogP contribution >= 0.6 is 0 Å². The first kappa shape index (κ1) is 18.4. The van der Waals surface area contributed by atoms with Gasteiger partial charge in [-0.2, -0.15) is 5.10 Å². The number of hydrogen-bond donors (Lipinski definition) is 1. The number of hydrogen-bond acceptors (Lipinski definition) is 3. The van der Waals surface area contributed by atoms with E-state index >= 15 is 0 Å². The molecule has 5 heteroatoms. The number of nitrogens with one attached hydrogen (secondary N) is 1. The van der Waals surface area contributed by atoms with Crippen molar-refractivity contribution in [3.8, 4) is 11.1 Å². The van der Waals surface area contributed by atoms with Crippen LogP contribution in [0.3, 0.4) is 0 Å². The summed E-state index contributed by atoms with van der Waals surface area (Å²) in [5.41, 5.74) is 5.94. The van der Waals surface area contributed by atoms with Crippen molar-refractivity contribution in [2.24, 2.45) is 0 Å². The van der Waals surface area contributed by atoms with E-state index in [0.29, 0.717) is 5.92 Å². The molecule has 0 radical (unpaired) electrons. The van der Waals surface area contributed by atoms with Gasteiger partial charge in [0.1, 0.15) is 0 Å². The second-order valence-corrected chi connectivity index (χ2v) is 7.44. The summed E-state index contributed by atoms with van der Waals surface area (Å²) >= 11 is 0. The lowest BCUT2D eigenvalue weighted by molar-refractivity contribution is 0.0705. The van der Waals surface area contributed by atoms with E-state index in [1.165, 1.54) is 11.3 Å². The zero-order chi connectivity index (χ0) is 19.5. The number of likely N-dealkylation sites (tertiary alicyclic amines) is 1. The van der Waals surface area contributed by atoms with Gasteiger partial charge < -0.3 is 4.90 Å². The third kappa shape index (κ3) is 3.44. The van der Waals surface area contributed by atoms with Crippen LogP contribution in [0.5, 0.6) is 0 Å². The minimum absolute atomic E-state index is 0.0757. The van der Waals surface area contributed by atoms with Crippen LogP contribution in [0.1, 0.15) is 53.0 Å². The van der Waals surface area contributed by atoms with Gasteiger partial charge in [0.2, 0.25) is 0 Å². The molecule has 0 spiro atoms. The van der Waals surface area contributed by atoms with Crippen LogP contribution in [-0.4, -0.2) is 39.1 Å². The molecule has 1 saturated heterocycles. The molecule has 0 aliphatic carbocycles. The number of carbonyl (C=O) groups is 1. The summed E-state index contributed by atoms with van der Waals surface area (Å²) in [6, 6.07) is 12.0. The molecule has 1 aromatic carbocycles. The van der Waals surface area contributed by atoms with Gasteiger partial charge in [0.05, 0.1) is 17.5 Å². The maximum atomic E-state index is 13.5. The third-order valence-corrected chi connectivity index (χ3v) is 5.69. The number of benzene rings is 1. The van der Waals surface area contributed by atoms with E-state index in [2.05, 4.69) is 22.1 Å². The van der Waals surface area contributed by atoms with E-state index in [1.807, 2.05) is 54.4 Å². The molecule has 1 fully saturated rings. The van der Waals surface area contributed by atoms with Crippen LogP contribution < -0.4 is 0 Å². The van der Waals surface area contributed by atoms with Crippen molar-refractivity contribution < 1.29 is 4.79 Å². The number of rotatable bonds is 4. The Bertz CT molecular complexity index is 964. The predicted molar refractivity (Wildman–Crippen MR) is 110 cm³/mol. The Hall–Kier alpha value is -2.95. The maximum absolute atomic E-state index is 13.5. The highest BCUT2D eigenvalue weighted by Gasteiger charge is 2.29. The molecular weight excluding hydrogens is 348 g/mol. The smallest absolute Gasteiger partial charge is 0.256 e. The number of piperidine rings is 1. The van der Waals surface area contributed by atoms with Crippen molar-refractivity contribution >= 4 is 5.91 Å². The van der Waals surface area contributed by atoms with E-state index in [0.717, 1.165) is 54.7 Å². The Morgan fingerprint density at radius 1 is 1.25 bits per heavy atom. The van der Waals surface area contributed by atoms with Gasteiger partial charge in [-0.25, -0.2) is 0 Å². The second-order valence-electron chi connectivity index (χ2n) is 7.44. The molecule has 28 heavy (non-hydrogen) atoms. The van der Waals surface area contributed by atoms with Gasteiger partial charge >= 0.3 is 0 Å². The molecule has 1 N–H and O–H groups in total. The largest absolute Gasteiger partial charge is 0.338 e. The van der Waals surface area contributed by atoms with Crippen LogP contribution in [0.25, 0.3) is 11.1 Å². The Kier molecular flexibility index (Phi) is 5.24. The lowest BCUT2D eigenvalue weighted by atomic mass is 9.91. The monoisotopic (exact) mass is 374 g/mol. The van der Waals surface area contributed by atoms with E-state index < -0.39 is 0 Å². The molecule has 1 aliphatic heterocycles. The molecule has 4 rings (SSSR count). The van der Waals surface area contributed by atoms with E-state index in [4.69, 9.17) is 0 Å². The van der Waals surface area contributed by atoms with Gasteiger partial charge in [0.25, 0.3) is 5.91 Å². The highest BCUT2D eigenvalue weighted by atomic mass is 16.2. The van der Waals surface area contributed by atoms with Gasteiger partial charge in [-0.15, -0.1) is 0 Å². The molecule has 1 atom stereocenters. The molecule has 0 saturated carbocycles. The van der Waals surface area contributed by atoms with Crippen LogP contribution in [0.2, 0.25) is 0 Å². The SMILES string of the molecule is CCc1cn[nH]c1C1CCCN(C(=O)c2c(-c3ccccc3)ccnc2C)C1. The molecule has 5 nitrogen and oxygen atoms in total. The summed E-state index contributed by atoms with van der Waals surface area (Å²) in [6.07, 6.45) is 6.73. The fourth-order valence-corrected chi connectivity index (χ4v) is 4.21. The molecule has 2 aromatic heterocycles. The summed E-state index contributed by atoms with van der Waals surface area (Å²) in [6.45, 7) is 5.57. The van der Waals surface area contributed by atoms with Crippen LogP contribution in [0.4, 0.5) is 0 Å². The highest BCUT2D eigenvalue weighted by Crippen LogP contribution is 2.31. The number of aromatic amines is 1. The van der Waals surface area contributed by atoms with Crippen LogP contribution in [-0.2, 0) is 6.42 Å². The van der Waals surface area contributed by atoms with Crippen molar-refractivity contribution in [3.05, 3.63) is 71.3 Å². The van der Waals surface area contributed by atoms with E-state index in [9.17, 15) is 4.79 Å². The number of pyridine rings is 1. The van der Waals surface area contributed by atoms with Gasteiger partial charge in [-0.3, -0.25) is 14.9 Å². The van der Waals surface area contributed by atoms with Gasteiger partial charge in [-0.05, 0) is 48.9 Å². The highest BCUT2D eigenvalue weighted by molar-refractivity contribution is 6.01. The number of carbonyl (C=O) groups excluding carboxylic acids is 1. The Balaban J connectivity index is 1.65. The van der Waals surface area contributed by atoms with Crippen molar-refractivity contribution in [1.29, 1.82) is 0 Å². The Morgan fingerprint density at radius 3 is 2.86 bits per heavy atom. The first-order chi connectivity index (χ1) is 13.7. The number of H-pyrrole nitrogens is 1. The average molecular weight is 374 g/mol. The first-order valence-corrected chi connectivity index (χ1v) is 10.0. The zero-order valence-electron chi connectivity index (χ0n) is 16.5. The van der Waals surface area contributed by atoms with Crippen molar-refractivity contribution in [2.75, 3.05) is 13.1 Å². The molecule has 3 aromatic rings. The van der Waals surface area contributed by atoms with E-state index in [1.54, 1.807) is 6.20 Å². The minimum Gasteiger partial charge on any atom is -0.338 e. The van der Waals surface area contributed by atoms with Crippen LogP contribution in [0, 0.1) is 6.92 Å². The van der Waals surface area contributed by atoms with E-state index in [-0.39, 0.29) is 5.91 Å². The summed E-state index contributed by atoms with van der Waals surface area (Å²) in [5, 5.41) is 7.40. The van der Waals surface area contributed by atoms with Crippen molar-refractivity contribution in [2.45, 2.75) is 39.0 Å². The molecule has 3 heterocycles. The molecule has 1 amide bonds. The lowest BCUT2D eigenvalue weighted by Crippen LogP contribution is -2.40. The average Bonchev–Trinajstić information content (AvgIpc) is 3.23. The Morgan fingerprint density at radius 2 is 2.07 bits per heavy atom. The standard InChI is InChI=1S/C23H26N4O/c1-3-17-14-25-26-22(17)19-10-7-13-27(15-19)23(28)21-16(2)24-12-11-20(21)18-8-5-4-6-9-18/h4-6,8-9,11-12,14,19H,3,7,10,13,15H2,1-2H3,(H,25,26). The van der Waals surface area contributed by atoms with Gasteiger partial charge in [0, 0.05) is 30.9 Å². The summed E-state index contributed by atoms with van der Waals surface area (Å²) in [4.78, 5) is 19.9. The number of aromatic nitrogens is 3. The fraction of sp³-hybridized carbons (Fsp3) is 0.348. The minimum atomic E-state index is 0.0757. The van der Waals surface area contributed by atoms with Crippen molar-refractivity contribution in [3.63, 3.8) is 0 Å². The topological polar surface area (TPSA) is 61.9 Å². The second kappa shape index (κ2) is 7.97. The summed E-state index contributed by atoms with van der Waals surface area (Å²) < 4.78 is 0. The zero-order valence-corrected chi connectivity index (χ0v) is 16.5. The lowest BCUT2D eigenvalue weighted by Gasteiger charge is -2.33. The quantitative estimate of drug-likeness (QED) is 0.738. The predicted octanol–water partition coefficient (Wildman–Crippen LogP) is 4.36. The molecule has 0 bridgehead atoms. The third-order valence-electron chi connectivity index (χ3n) is 5.69. The molecule has 1 unspecified atom stereocenters. The van der Waals surface area contributed by atoms with Gasteiger partial charge in [0.15, 0.2) is 0 Å².